The van der Waals surface area contributed by atoms with Gasteiger partial charge < -0.3 is 9.64 Å². The molecule has 3 heterocycles. The van der Waals surface area contributed by atoms with E-state index in [1.807, 2.05) is 0 Å². The summed E-state index contributed by atoms with van der Waals surface area (Å²) < 4.78 is 56.5. The SMILES string of the molecule is Fc1cncnc1N1CC(Oc2ccnc(C(F)(F)F)c2)C1. The molecule has 1 fully saturated rings. The lowest BCUT2D eigenvalue weighted by molar-refractivity contribution is -0.141. The summed E-state index contributed by atoms with van der Waals surface area (Å²) in [7, 11) is 0. The van der Waals surface area contributed by atoms with Crippen LogP contribution in [0.2, 0.25) is 0 Å². The van der Waals surface area contributed by atoms with Gasteiger partial charge in [-0.1, -0.05) is 0 Å². The second-order valence-electron chi connectivity index (χ2n) is 4.71. The van der Waals surface area contributed by atoms with Crippen LogP contribution in [0, 0.1) is 5.82 Å². The van der Waals surface area contributed by atoms with E-state index in [0.29, 0.717) is 13.1 Å². The van der Waals surface area contributed by atoms with Crippen LogP contribution in [0.15, 0.2) is 30.9 Å². The molecule has 0 N–H and O–H groups in total. The van der Waals surface area contributed by atoms with Gasteiger partial charge in [0.1, 0.15) is 23.9 Å². The quantitative estimate of drug-likeness (QED) is 0.814. The summed E-state index contributed by atoms with van der Waals surface area (Å²) in [6, 6.07) is 2.19. The Balaban J connectivity index is 1.62. The van der Waals surface area contributed by atoms with E-state index in [2.05, 4.69) is 15.0 Å². The van der Waals surface area contributed by atoms with Crippen LogP contribution in [0.5, 0.6) is 5.75 Å². The van der Waals surface area contributed by atoms with Crippen LogP contribution in [0.1, 0.15) is 5.69 Å². The second-order valence-corrected chi connectivity index (χ2v) is 4.71. The summed E-state index contributed by atoms with van der Waals surface area (Å²) in [6.07, 6.45) is -1.54. The molecule has 3 rings (SSSR count). The Morgan fingerprint density at radius 3 is 2.68 bits per heavy atom. The lowest BCUT2D eigenvalue weighted by atomic mass is 10.1. The van der Waals surface area contributed by atoms with Crippen LogP contribution < -0.4 is 9.64 Å². The zero-order valence-corrected chi connectivity index (χ0v) is 11.1. The number of rotatable bonds is 3. The predicted octanol–water partition coefficient (Wildman–Crippen LogP) is 2.30. The maximum absolute atomic E-state index is 13.5. The molecular weight excluding hydrogens is 304 g/mol. The molecule has 0 unspecified atom stereocenters. The van der Waals surface area contributed by atoms with Crippen molar-refractivity contribution in [2.75, 3.05) is 18.0 Å². The first-order chi connectivity index (χ1) is 10.4. The van der Waals surface area contributed by atoms with Gasteiger partial charge in [0, 0.05) is 12.3 Å². The van der Waals surface area contributed by atoms with Gasteiger partial charge in [0.05, 0.1) is 19.3 Å². The molecule has 0 amide bonds. The van der Waals surface area contributed by atoms with E-state index in [1.165, 1.54) is 12.4 Å². The third kappa shape index (κ3) is 2.92. The Hall–Kier alpha value is -2.45. The van der Waals surface area contributed by atoms with Gasteiger partial charge in [-0.05, 0) is 6.07 Å². The van der Waals surface area contributed by atoms with E-state index in [4.69, 9.17) is 4.74 Å². The largest absolute Gasteiger partial charge is 0.487 e. The molecule has 0 radical (unpaired) electrons. The smallest absolute Gasteiger partial charge is 0.433 e. The lowest BCUT2D eigenvalue weighted by Gasteiger charge is -2.39. The predicted molar refractivity (Wildman–Crippen MR) is 67.9 cm³/mol. The molecule has 2 aromatic heterocycles. The number of aromatic nitrogens is 3. The van der Waals surface area contributed by atoms with Gasteiger partial charge in [-0.2, -0.15) is 13.2 Å². The molecule has 0 aliphatic carbocycles. The molecule has 2 aromatic rings. The number of nitrogens with zero attached hydrogens (tertiary/aromatic N) is 4. The zero-order chi connectivity index (χ0) is 15.7. The van der Waals surface area contributed by atoms with Crippen molar-refractivity contribution in [3.63, 3.8) is 0 Å². The van der Waals surface area contributed by atoms with Crippen LogP contribution in [0.4, 0.5) is 23.4 Å². The lowest BCUT2D eigenvalue weighted by Crippen LogP contribution is -2.54. The number of halogens is 4. The Morgan fingerprint density at radius 1 is 1.23 bits per heavy atom. The van der Waals surface area contributed by atoms with Crippen molar-refractivity contribution < 1.29 is 22.3 Å². The molecule has 0 atom stereocenters. The fraction of sp³-hybridized carbons (Fsp3) is 0.308. The van der Waals surface area contributed by atoms with Crippen molar-refractivity contribution in [3.05, 3.63) is 42.4 Å². The Morgan fingerprint density at radius 2 is 2.00 bits per heavy atom. The van der Waals surface area contributed by atoms with Crippen LogP contribution in [-0.2, 0) is 6.18 Å². The highest BCUT2D eigenvalue weighted by Gasteiger charge is 2.34. The highest BCUT2D eigenvalue weighted by Crippen LogP contribution is 2.30. The van der Waals surface area contributed by atoms with Crippen LogP contribution in [-0.4, -0.2) is 34.1 Å². The molecule has 1 saturated heterocycles. The van der Waals surface area contributed by atoms with Crippen molar-refractivity contribution in [2.45, 2.75) is 12.3 Å². The molecule has 22 heavy (non-hydrogen) atoms. The van der Waals surface area contributed by atoms with Gasteiger partial charge in [0.2, 0.25) is 0 Å². The van der Waals surface area contributed by atoms with Gasteiger partial charge in [-0.25, -0.2) is 14.4 Å². The molecule has 0 saturated carbocycles. The van der Waals surface area contributed by atoms with Crippen molar-refractivity contribution >= 4 is 5.82 Å². The van der Waals surface area contributed by atoms with Crippen LogP contribution in [0.25, 0.3) is 0 Å². The summed E-state index contributed by atoms with van der Waals surface area (Å²) in [5, 5.41) is 0. The minimum atomic E-state index is -4.52. The molecule has 116 valence electrons. The molecular formula is C13H10F4N4O. The zero-order valence-electron chi connectivity index (χ0n) is 11.1. The molecule has 1 aliphatic heterocycles. The van der Waals surface area contributed by atoms with E-state index in [-0.39, 0.29) is 17.7 Å². The normalized spacial score (nSPS) is 15.5. The van der Waals surface area contributed by atoms with Gasteiger partial charge in [0.15, 0.2) is 11.6 Å². The van der Waals surface area contributed by atoms with Gasteiger partial charge in [0.25, 0.3) is 0 Å². The fourth-order valence-corrected chi connectivity index (χ4v) is 2.06. The average Bonchev–Trinajstić information content (AvgIpc) is 2.43. The second kappa shape index (κ2) is 5.39. The first kappa shape index (κ1) is 14.5. The molecule has 0 bridgehead atoms. The Kier molecular flexibility index (Phi) is 3.55. The highest BCUT2D eigenvalue weighted by atomic mass is 19.4. The summed E-state index contributed by atoms with van der Waals surface area (Å²) in [6.45, 7) is 0.662. The molecule has 0 aromatic carbocycles. The van der Waals surface area contributed by atoms with Gasteiger partial charge in [-0.15, -0.1) is 0 Å². The van der Waals surface area contributed by atoms with Gasteiger partial charge in [-0.3, -0.25) is 4.98 Å². The highest BCUT2D eigenvalue weighted by molar-refractivity contribution is 5.42. The summed E-state index contributed by atoms with van der Waals surface area (Å²) in [5.41, 5.74) is -1.01. The van der Waals surface area contributed by atoms with Crippen LogP contribution >= 0.6 is 0 Å². The van der Waals surface area contributed by atoms with Crippen molar-refractivity contribution in [3.8, 4) is 5.75 Å². The number of anilines is 1. The maximum atomic E-state index is 13.5. The third-order valence-electron chi connectivity index (χ3n) is 3.12. The van der Waals surface area contributed by atoms with Crippen molar-refractivity contribution in [1.82, 2.24) is 15.0 Å². The monoisotopic (exact) mass is 314 g/mol. The van der Waals surface area contributed by atoms with E-state index in [1.54, 1.807) is 4.90 Å². The molecule has 5 nitrogen and oxygen atoms in total. The summed E-state index contributed by atoms with van der Waals surface area (Å²) in [5.74, 6) is -0.320. The van der Waals surface area contributed by atoms with E-state index in [0.717, 1.165) is 18.5 Å². The van der Waals surface area contributed by atoms with E-state index < -0.39 is 17.7 Å². The Bertz CT molecular complexity index is 673. The van der Waals surface area contributed by atoms with Crippen molar-refractivity contribution in [2.24, 2.45) is 0 Å². The molecule has 1 aliphatic rings. The summed E-state index contributed by atoms with van der Waals surface area (Å²) in [4.78, 5) is 12.2. The summed E-state index contributed by atoms with van der Waals surface area (Å²) >= 11 is 0. The first-order valence-corrected chi connectivity index (χ1v) is 6.34. The Labute approximate surface area is 122 Å². The standard InChI is InChI=1S/C13H10F4N4O/c14-10-4-18-7-20-12(10)21-5-9(6-21)22-8-1-2-19-11(3-8)13(15,16)17/h1-4,7,9H,5-6H2. The van der Waals surface area contributed by atoms with Gasteiger partial charge >= 0.3 is 6.18 Å². The third-order valence-corrected chi connectivity index (χ3v) is 3.12. The number of hydrogen-bond donors (Lipinski definition) is 0. The number of ether oxygens (including phenoxy) is 1. The molecule has 0 spiro atoms. The maximum Gasteiger partial charge on any atom is 0.433 e. The fourth-order valence-electron chi connectivity index (χ4n) is 2.06. The first-order valence-electron chi connectivity index (χ1n) is 6.34. The minimum Gasteiger partial charge on any atom is -0.487 e. The molecule has 9 heteroatoms. The minimum absolute atomic E-state index is 0.0788. The number of alkyl halides is 3. The van der Waals surface area contributed by atoms with E-state index in [9.17, 15) is 17.6 Å². The van der Waals surface area contributed by atoms with E-state index >= 15 is 0 Å². The van der Waals surface area contributed by atoms with Crippen molar-refractivity contribution in [1.29, 1.82) is 0 Å². The number of pyridine rings is 1. The average molecular weight is 314 g/mol. The topological polar surface area (TPSA) is 51.1 Å². The van der Waals surface area contributed by atoms with Crippen LogP contribution in [0.3, 0.4) is 0 Å². The number of hydrogen-bond acceptors (Lipinski definition) is 5.